The molecule has 0 amide bonds. The molecule has 16 aromatic rings. The number of hydrogen-bond acceptors (Lipinski definition) is 29. The number of nitrogens with zero attached hydrogens (tertiary/aromatic N) is 24. The Kier molecular flexibility index (Phi) is 23.7. The zero-order valence-electron chi connectivity index (χ0n) is 65.0. The number of anilines is 8. The predicted molar refractivity (Wildman–Crippen MR) is 443 cm³/mol. The summed E-state index contributed by atoms with van der Waals surface area (Å²) < 4.78 is 71.0. The van der Waals surface area contributed by atoms with Crippen LogP contribution in [0.25, 0.3) is 67.6 Å². The van der Waals surface area contributed by atoms with Crippen molar-refractivity contribution in [1.29, 1.82) is 0 Å². The third-order valence-corrected chi connectivity index (χ3v) is 22.6. The number of rotatable bonds is 26. The van der Waals surface area contributed by atoms with E-state index in [0.717, 1.165) is 185 Å². The lowest BCUT2D eigenvalue weighted by Crippen LogP contribution is -2.56. The molecular weight excluding hydrogens is 1560 g/mol. The maximum absolute atomic E-state index is 13.6. The SMILES string of the molecule is CCOCCN(Cc1cc(Nc2nc(C)cn3c(-c4cn[nH]c4)cnc23)sn1)CC(F)F.Cc1cn2c(-c3cn[nH]c3)cnc2c(Nc2cc(CN3CC(C)(F)C3)ns2)n1.Cc1cn2c(-c3cn[nH]c3)cnc2c(Nc2cc(CN3CC[C@@H](C)C3)ns2)n1.Cc1cn2c(-c3cn[nH]c3)cnc2c(Nc2cc(CN3CC[C@H](C)C3)ns2)n1. The molecule has 0 radical (unpaired) electrons. The highest BCUT2D eigenvalue weighted by Gasteiger charge is 2.39. The normalized spacial score (nSPS) is 15.7. The van der Waals surface area contributed by atoms with E-state index in [1.807, 2.05) is 131 Å². The number of aryl methyl sites for hydroxylation is 4. The average Bonchev–Trinajstić information content (AvgIpc) is 1.64. The number of fused-ring (bicyclic) bond motifs is 4. The first kappa shape index (κ1) is 78.5. The maximum Gasteiger partial charge on any atom is 0.251 e. The molecule has 3 saturated heterocycles. The van der Waals surface area contributed by atoms with E-state index in [2.05, 4.69) is 155 Å². The molecule has 0 aliphatic carbocycles. The third kappa shape index (κ3) is 18.8. The van der Waals surface area contributed by atoms with Crippen molar-refractivity contribution < 1.29 is 17.9 Å². The van der Waals surface area contributed by atoms with Crippen molar-refractivity contribution >= 4 is 112 Å². The first-order valence-electron chi connectivity index (χ1n) is 38.0. The van der Waals surface area contributed by atoms with E-state index in [1.54, 1.807) is 49.0 Å². The first-order valence-corrected chi connectivity index (χ1v) is 41.1. The summed E-state index contributed by atoms with van der Waals surface area (Å²) in [6, 6.07) is 8.07. The Hall–Kier alpha value is -11.4. The largest absolute Gasteiger partial charge is 0.380 e. The highest BCUT2D eigenvalue weighted by atomic mass is 32.1. The molecule has 0 saturated carbocycles. The van der Waals surface area contributed by atoms with Gasteiger partial charge in [-0.15, -0.1) is 0 Å². The number of likely N-dealkylation sites (tertiary alicyclic amines) is 3. The van der Waals surface area contributed by atoms with Crippen molar-refractivity contribution in [2.24, 2.45) is 11.8 Å². The highest BCUT2D eigenvalue weighted by molar-refractivity contribution is 7.11. The fourth-order valence-corrected chi connectivity index (χ4v) is 17.1. The quantitative estimate of drug-likeness (QED) is 0.0233. The van der Waals surface area contributed by atoms with E-state index >= 15 is 0 Å². The standard InChI is InChI=1S/C20H24F2N8OS.2C19H22N8S.C18H19FN8S/c1-3-31-5-4-29(12-17(21)22)11-15-6-18(32-28-15)27-19-20-23-9-16(14-7-24-25-8-14)30(20)10-13(2)26-19;2*1-12-3-4-26(9-12)11-15-5-17(28-25-15)24-18-19-20-8-16(14-6-21-22-7-14)27(19)10-13(2)23-18;1-11-7-27-14(12-4-21-22-5-12)6-20-17(27)16(23-11)24-15-3-13(25-28-15)8-26-9-18(2,19)10-26/h6-10,17H,3-5,11-12H2,1-2H3,(H,24,25)(H,26,27);2*5-8,10,12H,3-4,9,11H2,1-2H3,(H,21,22)(H,23,24);3-7H,8-10H2,1-2H3,(H,21,22)(H,23,24)/t;2*12-;/m.10./s1. The highest BCUT2D eigenvalue weighted by Crippen LogP contribution is 2.35. The van der Waals surface area contributed by atoms with E-state index in [-0.39, 0.29) is 6.54 Å². The number of aromatic amines is 4. The molecule has 3 aliphatic heterocycles. The van der Waals surface area contributed by atoms with Crippen molar-refractivity contribution in [1.82, 2.24) is 135 Å². The lowest BCUT2D eigenvalue weighted by molar-refractivity contribution is -0.0231. The minimum atomic E-state index is -2.41. The Balaban J connectivity index is 0.000000116. The molecule has 0 spiro atoms. The molecular formula is C76H87F3N32OS4. The number of halogens is 3. The number of alkyl halides is 3. The van der Waals surface area contributed by atoms with Gasteiger partial charge in [0, 0.05) is 137 Å². The van der Waals surface area contributed by atoms with Crippen LogP contribution in [0.2, 0.25) is 0 Å². The number of H-pyrrole nitrogens is 4. The molecule has 8 N–H and O–H groups in total. The van der Waals surface area contributed by atoms with E-state index in [1.165, 1.54) is 59.0 Å². The number of aromatic nitrogens is 24. The summed E-state index contributed by atoms with van der Waals surface area (Å²) in [5.41, 5.74) is 16.9. The number of nitrogens with one attached hydrogen (secondary N) is 8. The lowest BCUT2D eigenvalue weighted by Gasteiger charge is -2.41. The van der Waals surface area contributed by atoms with Crippen molar-refractivity contribution in [3.05, 3.63) is 169 Å². The molecule has 3 fully saturated rings. The second-order valence-corrected chi connectivity index (χ2v) is 32.8. The number of imidazole rings is 4. The molecule has 0 aromatic carbocycles. The van der Waals surface area contributed by atoms with Crippen LogP contribution in [0.1, 0.15) is 86.1 Å². The van der Waals surface area contributed by atoms with Crippen LogP contribution in [0.3, 0.4) is 0 Å². The Bertz CT molecular complexity index is 5720. The van der Waals surface area contributed by atoms with Crippen LogP contribution in [0.5, 0.6) is 0 Å². The smallest absolute Gasteiger partial charge is 0.251 e. The summed E-state index contributed by atoms with van der Waals surface area (Å²) in [6.07, 6.45) is 29.7. The van der Waals surface area contributed by atoms with Gasteiger partial charge in [0.1, 0.15) is 25.7 Å². The summed E-state index contributed by atoms with van der Waals surface area (Å²) >= 11 is 5.56. The molecule has 0 unspecified atom stereocenters. The van der Waals surface area contributed by atoms with E-state index in [0.29, 0.717) is 68.9 Å². The lowest BCUT2D eigenvalue weighted by atomic mass is 9.99. The van der Waals surface area contributed by atoms with E-state index < -0.39 is 12.1 Å². The van der Waals surface area contributed by atoms with Crippen LogP contribution < -0.4 is 21.3 Å². The van der Waals surface area contributed by atoms with Gasteiger partial charge < -0.3 is 26.0 Å². The Morgan fingerprint density at radius 3 is 1.11 bits per heavy atom. The molecule has 40 heteroatoms. The maximum atomic E-state index is 13.6. The zero-order valence-corrected chi connectivity index (χ0v) is 68.3. The number of ether oxygens (including phenoxy) is 1. The summed E-state index contributed by atoms with van der Waals surface area (Å²) in [7, 11) is 0. The van der Waals surface area contributed by atoms with Crippen LogP contribution in [0.4, 0.5) is 56.4 Å². The van der Waals surface area contributed by atoms with Gasteiger partial charge in [-0.05, 0) is 150 Å². The molecule has 19 heterocycles. The zero-order chi connectivity index (χ0) is 80.0. The Morgan fingerprint density at radius 1 is 0.491 bits per heavy atom. The van der Waals surface area contributed by atoms with Gasteiger partial charge in [-0.25, -0.2) is 53.0 Å². The predicted octanol–water partition coefficient (Wildman–Crippen LogP) is 13.8. The summed E-state index contributed by atoms with van der Waals surface area (Å²) in [5, 5.41) is 44.5. The van der Waals surface area contributed by atoms with Gasteiger partial charge in [0.15, 0.2) is 45.9 Å². The van der Waals surface area contributed by atoms with E-state index in [4.69, 9.17) is 4.74 Å². The van der Waals surface area contributed by atoms with Crippen LogP contribution in [0, 0.1) is 39.5 Å². The van der Waals surface area contributed by atoms with Gasteiger partial charge in [0.25, 0.3) is 6.43 Å². The van der Waals surface area contributed by atoms with Crippen molar-refractivity contribution in [3.63, 3.8) is 0 Å². The molecule has 19 rings (SSSR count). The van der Waals surface area contributed by atoms with Crippen molar-refractivity contribution in [2.45, 2.75) is 107 Å². The average molecular weight is 1650 g/mol. The topological polar surface area (TPSA) is 357 Å². The number of hydrogen-bond donors (Lipinski definition) is 8. The van der Waals surface area contributed by atoms with Crippen LogP contribution in [-0.2, 0) is 30.9 Å². The second-order valence-electron chi connectivity index (χ2n) is 29.6. The summed E-state index contributed by atoms with van der Waals surface area (Å²) in [6.45, 7) is 25.4. The van der Waals surface area contributed by atoms with Crippen LogP contribution in [0.15, 0.2) is 123 Å². The van der Waals surface area contributed by atoms with Crippen molar-refractivity contribution in [3.8, 4) is 45.0 Å². The molecule has 116 heavy (non-hydrogen) atoms. The van der Waals surface area contributed by atoms with Gasteiger partial charge in [0.2, 0.25) is 0 Å². The molecule has 0 bridgehead atoms. The summed E-state index contributed by atoms with van der Waals surface area (Å²) in [5.74, 6) is 4.30. The van der Waals surface area contributed by atoms with Gasteiger partial charge >= 0.3 is 0 Å². The molecule has 2 atom stereocenters. The Morgan fingerprint density at radius 2 is 0.819 bits per heavy atom. The van der Waals surface area contributed by atoms with E-state index in [9.17, 15) is 13.2 Å². The molecule has 33 nitrogen and oxygen atoms in total. The van der Waals surface area contributed by atoms with Crippen LogP contribution in [-0.4, -0.2) is 213 Å². The third-order valence-electron chi connectivity index (χ3n) is 19.6. The monoisotopic (exact) mass is 1650 g/mol. The van der Waals surface area contributed by atoms with Crippen LogP contribution >= 0.6 is 46.1 Å². The second kappa shape index (κ2) is 35.0. The van der Waals surface area contributed by atoms with Gasteiger partial charge in [-0.1, -0.05) is 13.8 Å². The van der Waals surface area contributed by atoms with Gasteiger partial charge in [-0.3, -0.25) is 57.6 Å². The summed E-state index contributed by atoms with van der Waals surface area (Å²) in [4.78, 5) is 45.4. The fraction of sp³-hybridized carbons (Fsp3) is 0.368. The minimum Gasteiger partial charge on any atom is -0.380 e. The minimum absolute atomic E-state index is 0.320. The van der Waals surface area contributed by atoms with Gasteiger partial charge in [-0.2, -0.15) is 37.9 Å². The first-order chi connectivity index (χ1) is 56.3. The molecule has 602 valence electrons. The molecule has 3 aliphatic rings. The Labute approximate surface area is 680 Å². The van der Waals surface area contributed by atoms with Gasteiger partial charge in [0.05, 0.1) is 131 Å². The fourth-order valence-electron chi connectivity index (χ4n) is 14.5. The van der Waals surface area contributed by atoms with Crippen molar-refractivity contribution in [2.75, 3.05) is 86.8 Å². The molecule has 16 aromatic heterocycles.